The lowest BCUT2D eigenvalue weighted by Gasteiger charge is -2.18. The van der Waals surface area contributed by atoms with Crippen molar-refractivity contribution >= 4 is 17.9 Å². The van der Waals surface area contributed by atoms with Crippen molar-refractivity contribution in [1.29, 1.82) is 0 Å². The fourth-order valence-electron chi connectivity index (χ4n) is 6.08. The molecule has 0 bridgehead atoms. The molecule has 0 rings (SSSR count). The molecule has 0 aliphatic carbocycles. The van der Waals surface area contributed by atoms with Gasteiger partial charge < -0.3 is 14.2 Å². The molecule has 59 heavy (non-hydrogen) atoms. The van der Waals surface area contributed by atoms with Crippen LogP contribution in [-0.2, 0) is 28.6 Å². The van der Waals surface area contributed by atoms with Crippen LogP contribution in [0.4, 0.5) is 0 Å². The quantitative estimate of drug-likeness (QED) is 0.0201. The lowest BCUT2D eigenvalue weighted by molar-refractivity contribution is -0.167. The van der Waals surface area contributed by atoms with Gasteiger partial charge in [-0.2, -0.15) is 0 Å². The summed E-state index contributed by atoms with van der Waals surface area (Å²) in [5.41, 5.74) is 0. The van der Waals surface area contributed by atoms with Crippen LogP contribution in [0.25, 0.3) is 0 Å². The molecule has 0 aliphatic rings. The second kappa shape index (κ2) is 47.0. The molecule has 0 N–H and O–H groups in total. The predicted molar refractivity (Wildman–Crippen MR) is 251 cm³/mol. The Morgan fingerprint density at radius 2 is 0.695 bits per heavy atom. The summed E-state index contributed by atoms with van der Waals surface area (Å²) >= 11 is 0. The van der Waals surface area contributed by atoms with Crippen LogP contribution in [0.3, 0.4) is 0 Å². The smallest absolute Gasteiger partial charge is 0.306 e. The van der Waals surface area contributed by atoms with Crippen molar-refractivity contribution in [3.63, 3.8) is 0 Å². The van der Waals surface area contributed by atoms with Crippen LogP contribution in [0.5, 0.6) is 0 Å². The van der Waals surface area contributed by atoms with Crippen molar-refractivity contribution in [2.24, 2.45) is 0 Å². The minimum Gasteiger partial charge on any atom is -0.462 e. The van der Waals surface area contributed by atoms with Crippen LogP contribution in [0, 0.1) is 0 Å². The SMILES string of the molecule is CC\C=C/C=C\C=C/CCCCCCCC(=O)OC(COC(=O)CCCCCC/C=C\CCCC)COC(=O)CCCCCCC\C=C/C=C\C=C/C=C\CCCCC. The average Bonchev–Trinajstić information content (AvgIpc) is 3.23. The molecule has 1 unspecified atom stereocenters. The summed E-state index contributed by atoms with van der Waals surface area (Å²) in [6, 6.07) is 0. The van der Waals surface area contributed by atoms with E-state index in [-0.39, 0.29) is 31.1 Å². The van der Waals surface area contributed by atoms with Gasteiger partial charge in [0, 0.05) is 19.3 Å². The fourth-order valence-corrected chi connectivity index (χ4v) is 6.08. The molecule has 1 atom stereocenters. The molecular formula is C53H86O6. The molecule has 6 nitrogen and oxygen atoms in total. The summed E-state index contributed by atoms with van der Waals surface area (Å²) in [4.78, 5) is 37.8. The fraction of sp³-hybridized carbons (Fsp3) is 0.642. The van der Waals surface area contributed by atoms with E-state index in [0.717, 1.165) is 128 Å². The molecule has 0 aromatic carbocycles. The molecule has 0 fully saturated rings. The predicted octanol–water partition coefficient (Wildman–Crippen LogP) is 15.4. The monoisotopic (exact) mass is 819 g/mol. The van der Waals surface area contributed by atoms with Crippen LogP contribution in [-0.4, -0.2) is 37.2 Å². The minimum absolute atomic E-state index is 0.102. The highest BCUT2D eigenvalue weighted by molar-refractivity contribution is 5.71. The van der Waals surface area contributed by atoms with E-state index in [1.165, 1.54) is 32.1 Å². The normalized spacial score (nSPS) is 12.9. The zero-order chi connectivity index (χ0) is 43.0. The number of carbonyl (C=O) groups excluding carboxylic acids is 3. The first-order valence-corrected chi connectivity index (χ1v) is 23.8. The molecule has 0 aliphatic heterocycles. The van der Waals surface area contributed by atoms with Gasteiger partial charge in [-0.15, -0.1) is 0 Å². The molecule has 0 saturated heterocycles. The first-order chi connectivity index (χ1) is 29.0. The van der Waals surface area contributed by atoms with Gasteiger partial charge in [0.25, 0.3) is 0 Å². The van der Waals surface area contributed by atoms with E-state index in [4.69, 9.17) is 14.2 Å². The Bertz CT molecular complexity index is 1220. The van der Waals surface area contributed by atoms with Gasteiger partial charge in [-0.05, 0) is 83.5 Å². The first kappa shape index (κ1) is 55.3. The van der Waals surface area contributed by atoms with E-state index < -0.39 is 6.10 Å². The van der Waals surface area contributed by atoms with Crippen molar-refractivity contribution in [2.75, 3.05) is 13.2 Å². The van der Waals surface area contributed by atoms with E-state index in [0.29, 0.717) is 19.3 Å². The third-order valence-corrected chi connectivity index (χ3v) is 9.70. The summed E-state index contributed by atoms with van der Waals surface area (Å²) in [6.07, 6.45) is 61.0. The number of esters is 3. The summed E-state index contributed by atoms with van der Waals surface area (Å²) in [5.74, 6) is -0.967. The molecular weight excluding hydrogens is 733 g/mol. The number of hydrogen-bond acceptors (Lipinski definition) is 6. The number of allylic oxidation sites excluding steroid dienone is 16. The topological polar surface area (TPSA) is 78.9 Å². The zero-order valence-corrected chi connectivity index (χ0v) is 38.0. The van der Waals surface area contributed by atoms with Crippen LogP contribution in [0.15, 0.2) is 97.2 Å². The van der Waals surface area contributed by atoms with Gasteiger partial charge >= 0.3 is 17.9 Å². The Balaban J connectivity index is 4.46. The van der Waals surface area contributed by atoms with Gasteiger partial charge in [-0.25, -0.2) is 0 Å². The third kappa shape index (κ3) is 45.3. The summed E-state index contributed by atoms with van der Waals surface area (Å²) < 4.78 is 16.7. The Labute approximate surface area is 362 Å². The van der Waals surface area contributed by atoms with Crippen LogP contribution >= 0.6 is 0 Å². The Kier molecular flexibility index (Phi) is 44.1. The van der Waals surface area contributed by atoms with Gasteiger partial charge in [-0.1, -0.05) is 195 Å². The van der Waals surface area contributed by atoms with Gasteiger partial charge in [0.15, 0.2) is 6.10 Å². The maximum atomic E-state index is 12.7. The molecule has 0 aromatic rings. The van der Waals surface area contributed by atoms with E-state index in [9.17, 15) is 14.4 Å². The van der Waals surface area contributed by atoms with E-state index in [1.54, 1.807) is 0 Å². The average molecular weight is 819 g/mol. The van der Waals surface area contributed by atoms with Gasteiger partial charge in [0.2, 0.25) is 0 Å². The lowest BCUT2D eigenvalue weighted by atomic mass is 10.1. The minimum atomic E-state index is -0.802. The Hall–Kier alpha value is -3.67. The molecule has 0 heterocycles. The molecule has 6 heteroatoms. The van der Waals surface area contributed by atoms with Crippen LogP contribution in [0.2, 0.25) is 0 Å². The van der Waals surface area contributed by atoms with Crippen molar-refractivity contribution < 1.29 is 28.6 Å². The molecule has 334 valence electrons. The van der Waals surface area contributed by atoms with Crippen molar-refractivity contribution in [3.05, 3.63) is 97.2 Å². The van der Waals surface area contributed by atoms with Gasteiger partial charge in [-0.3, -0.25) is 14.4 Å². The molecule has 0 saturated carbocycles. The van der Waals surface area contributed by atoms with E-state index >= 15 is 0 Å². The van der Waals surface area contributed by atoms with E-state index in [1.807, 2.05) is 6.08 Å². The van der Waals surface area contributed by atoms with Crippen molar-refractivity contribution in [1.82, 2.24) is 0 Å². The number of unbranched alkanes of at least 4 members (excludes halogenated alkanes) is 19. The number of ether oxygens (including phenoxy) is 3. The summed E-state index contributed by atoms with van der Waals surface area (Å²) in [6.45, 7) is 6.35. The second-order valence-corrected chi connectivity index (χ2v) is 15.4. The maximum Gasteiger partial charge on any atom is 0.306 e. The number of rotatable bonds is 41. The number of hydrogen-bond donors (Lipinski definition) is 0. The summed E-state index contributed by atoms with van der Waals surface area (Å²) in [5, 5.41) is 0. The largest absolute Gasteiger partial charge is 0.462 e. The summed E-state index contributed by atoms with van der Waals surface area (Å²) in [7, 11) is 0. The Morgan fingerprint density at radius 3 is 1.14 bits per heavy atom. The maximum absolute atomic E-state index is 12.7. The van der Waals surface area contributed by atoms with Crippen molar-refractivity contribution in [2.45, 2.75) is 207 Å². The molecule has 0 radical (unpaired) electrons. The first-order valence-electron chi connectivity index (χ1n) is 23.8. The van der Waals surface area contributed by atoms with Gasteiger partial charge in [0.1, 0.15) is 13.2 Å². The van der Waals surface area contributed by atoms with Crippen molar-refractivity contribution in [3.8, 4) is 0 Å². The molecule has 0 amide bonds. The van der Waals surface area contributed by atoms with Crippen LogP contribution in [0.1, 0.15) is 201 Å². The lowest BCUT2D eigenvalue weighted by Crippen LogP contribution is -2.30. The zero-order valence-electron chi connectivity index (χ0n) is 38.0. The number of carbonyl (C=O) groups is 3. The van der Waals surface area contributed by atoms with E-state index in [2.05, 4.69) is 112 Å². The highest BCUT2D eigenvalue weighted by atomic mass is 16.6. The Morgan fingerprint density at radius 1 is 0.356 bits per heavy atom. The highest BCUT2D eigenvalue weighted by Gasteiger charge is 2.19. The molecule has 0 aromatic heterocycles. The standard InChI is InChI=1S/C53H86O6/c1-4-7-10-13-16-19-22-24-25-26-27-28-30-31-34-37-40-43-46-52(55)58-49-50(48-57-51(54)45-42-39-36-33-21-18-15-12-9-6-3)59-53(56)47-44-41-38-35-32-29-23-20-17-14-11-8-5-2/h8,11,14-20,22-28,50H,4-7,9-10,12-13,21,29-49H2,1-3H3/b11-8-,17-14-,18-15-,19-16-,23-20-,24-22-,26-25-,28-27-. The van der Waals surface area contributed by atoms with Crippen LogP contribution < -0.4 is 0 Å². The molecule has 0 spiro atoms. The third-order valence-electron chi connectivity index (χ3n) is 9.70. The van der Waals surface area contributed by atoms with Gasteiger partial charge in [0.05, 0.1) is 0 Å². The second-order valence-electron chi connectivity index (χ2n) is 15.4. The highest BCUT2D eigenvalue weighted by Crippen LogP contribution is 2.12.